The zero-order chi connectivity index (χ0) is 9.40. The first-order valence-electron chi connectivity index (χ1n) is 4.32. The third-order valence-electron chi connectivity index (χ3n) is 1.66. The highest BCUT2D eigenvalue weighted by atomic mass is 16.5. The number of Topliss-reactive ketones (excluding diaryl/α,β-unsaturated/α-hetero) is 1. The van der Waals surface area contributed by atoms with E-state index in [1.54, 1.807) is 14.0 Å². The van der Waals surface area contributed by atoms with Crippen LogP contribution in [0.3, 0.4) is 0 Å². The van der Waals surface area contributed by atoms with Gasteiger partial charge in [-0.3, -0.25) is 0 Å². The molecule has 0 aliphatic heterocycles. The Morgan fingerprint density at radius 3 is 2.42 bits per heavy atom. The Morgan fingerprint density at radius 1 is 1.33 bits per heavy atom. The molecule has 0 unspecified atom stereocenters. The van der Waals surface area contributed by atoms with E-state index in [1.165, 1.54) is 0 Å². The summed E-state index contributed by atoms with van der Waals surface area (Å²) in [6.07, 6.45) is 3.68. The summed E-state index contributed by atoms with van der Waals surface area (Å²) in [5.41, 5.74) is 1.11. The van der Waals surface area contributed by atoms with Gasteiger partial charge in [0.05, 0.1) is 6.61 Å². The molecule has 0 rings (SSSR count). The number of carbonyl (C=O) groups is 1. The van der Waals surface area contributed by atoms with Crippen LogP contribution in [0.15, 0.2) is 12.2 Å². The molecule has 0 aromatic heterocycles. The molecular formula is C10H18O2. The number of hydrogen-bond acceptors (Lipinski definition) is 2. The fourth-order valence-electron chi connectivity index (χ4n) is 1.03. The van der Waals surface area contributed by atoms with Gasteiger partial charge in [0.25, 0.3) is 0 Å². The van der Waals surface area contributed by atoms with Crippen molar-refractivity contribution < 1.29 is 9.53 Å². The van der Waals surface area contributed by atoms with Gasteiger partial charge in [-0.1, -0.05) is 12.2 Å². The lowest BCUT2D eigenvalue weighted by Gasteiger charge is -2.02. The summed E-state index contributed by atoms with van der Waals surface area (Å²) >= 11 is 0. The minimum atomic E-state index is 0.271. The maximum Gasteiger partial charge on any atom is 0.129 e. The van der Waals surface area contributed by atoms with Gasteiger partial charge in [0.1, 0.15) is 5.78 Å². The molecule has 0 aliphatic carbocycles. The smallest absolute Gasteiger partial charge is 0.129 e. The second-order valence-corrected chi connectivity index (χ2v) is 3.09. The van der Waals surface area contributed by atoms with Gasteiger partial charge in [0.15, 0.2) is 0 Å². The van der Waals surface area contributed by atoms with Gasteiger partial charge in [0.2, 0.25) is 0 Å². The first-order chi connectivity index (χ1) is 5.66. The molecule has 0 saturated carbocycles. The number of carbonyl (C=O) groups excluding carboxylic acids is 1. The monoisotopic (exact) mass is 170 g/mol. The molecule has 70 valence electrons. The summed E-state index contributed by atoms with van der Waals surface area (Å²) in [5, 5.41) is 0. The summed E-state index contributed by atoms with van der Waals surface area (Å²) in [7, 11) is 1.67. The third-order valence-corrected chi connectivity index (χ3v) is 1.66. The van der Waals surface area contributed by atoms with E-state index in [0.29, 0.717) is 13.0 Å². The molecule has 0 aromatic rings. The zero-order valence-electron chi connectivity index (χ0n) is 8.06. The van der Waals surface area contributed by atoms with Crippen molar-refractivity contribution in [3.63, 3.8) is 0 Å². The van der Waals surface area contributed by atoms with Gasteiger partial charge in [-0.25, -0.2) is 0 Å². The molecule has 0 amide bonds. The van der Waals surface area contributed by atoms with E-state index in [2.05, 4.69) is 6.58 Å². The summed E-state index contributed by atoms with van der Waals surface area (Å²) in [6, 6.07) is 0. The Hall–Kier alpha value is -0.630. The van der Waals surface area contributed by atoms with E-state index < -0.39 is 0 Å². The summed E-state index contributed by atoms with van der Waals surface area (Å²) < 4.78 is 4.92. The van der Waals surface area contributed by atoms with Gasteiger partial charge in [-0.2, -0.15) is 0 Å². The van der Waals surface area contributed by atoms with Crippen LogP contribution in [0.5, 0.6) is 0 Å². The van der Waals surface area contributed by atoms with Crippen LogP contribution in [0.1, 0.15) is 32.6 Å². The van der Waals surface area contributed by atoms with Crippen LogP contribution < -0.4 is 0 Å². The molecule has 0 fully saturated rings. The highest BCUT2D eigenvalue weighted by Crippen LogP contribution is 2.07. The van der Waals surface area contributed by atoms with E-state index in [9.17, 15) is 4.79 Å². The van der Waals surface area contributed by atoms with Gasteiger partial charge in [-0.15, -0.1) is 0 Å². The van der Waals surface area contributed by atoms with Crippen molar-refractivity contribution in [2.75, 3.05) is 13.7 Å². The number of hydrogen-bond donors (Lipinski definition) is 0. The maximum absolute atomic E-state index is 10.6. The highest BCUT2D eigenvalue weighted by molar-refractivity contribution is 5.75. The van der Waals surface area contributed by atoms with Crippen LogP contribution in [0, 0.1) is 0 Å². The first kappa shape index (κ1) is 11.4. The average molecular weight is 170 g/mol. The number of unbranched alkanes of at least 4 members (excludes halogenated alkanes) is 1. The number of ketones is 1. The standard InChI is InChI=1S/C10H18O2/c1-9(8-12-3)6-4-5-7-10(2)11/h1,4-8H2,2-3H3. The SMILES string of the molecule is C=C(CCCCC(C)=O)COC. The lowest BCUT2D eigenvalue weighted by Crippen LogP contribution is -1.94. The van der Waals surface area contributed by atoms with Crippen molar-refractivity contribution in [3.8, 4) is 0 Å². The Kier molecular flexibility index (Phi) is 6.67. The van der Waals surface area contributed by atoms with Crippen molar-refractivity contribution >= 4 is 5.78 Å². The molecule has 0 atom stereocenters. The van der Waals surface area contributed by atoms with Crippen LogP contribution in [0.2, 0.25) is 0 Å². The molecular weight excluding hydrogens is 152 g/mol. The van der Waals surface area contributed by atoms with E-state index >= 15 is 0 Å². The Morgan fingerprint density at radius 2 is 1.92 bits per heavy atom. The molecule has 0 bridgehead atoms. The fourth-order valence-corrected chi connectivity index (χ4v) is 1.03. The molecule has 0 heterocycles. The zero-order valence-corrected chi connectivity index (χ0v) is 8.06. The van der Waals surface area contributed by atoms with E-state index in [1.807, 2.05) is 0 Å². The van der Waals surface area contributed by atoms with Crippen LogP contribution >= 0.6 is 0 Å². The summed E-state index contributed by atoms with van der Waals surface area (Å²) in [6.45, 7) is 6.12. The number of rotatable bonds is 7. The summed E-state index contributed by atoms with van der Waals surface area (Å²) in [4.78, 5) is 10.6. The van der Waals surface area contributed by atoms with E-state index in [0.717, 1.165) is 24.8 Å². The molecule has 0 aliphatic rings. The van der Waals surface area contributed by atoms with Gasteiger partial charge < -0.3 is 9.53 Å². The van der Waals surface area contributed by atoms with Crippen LogP contribution in [0.25, 0.3) is 0 Å². The van der Waals surface area contributed by atoms with Crippen molar-refractivity contribution in [3.05, 3.63) is 12.2 Å². The predicted octanol–water partition coefficient (Wildman–Crippen LogP) is 2.34. The van der Waals surface area contributed by atoms with Crippen LogP contribution in [-0.4, -0.2) is 19.5 Å². The molecule has 0 aromatic carbocycles. The molecule has 0 saturated heterocycles. The van der Waals surface area contributed by atoms with Gasteiger partial charge in [-0.05, 0) is 26.2 Å². The molecule has 0 radical (unpaired) electrons. The van der Waals surface area contributed by atoms with Crippen LogP contribution in [0.4, 0.5) is 0 Å². The number of methoxy groups -OCH3 is 1. The summed E-state index contributed by atoms with van der Waals surface area (Å²) in [5.74, 6) is 0.271. The Balaban J connectivity index is 3.19. The van der Waals surface area contributed by atoms with Crippen molar-refractivity contribution in [2.45, 2.75) is 32.6 Å². The lowest BCUT2D eigenvalue weighted by atomic mass is 10.1. The minimum Gasteiger partial charge on any atom is -0.380 e. The highest BCUT2D eigenvalue weighted by Gasteiger charge is 1.96. The topological polar surface area (TPSA) is 26.3 Å². The quantitative estimate of drug-likeness (QED) is 0.433. The normalized spacial score (nSPS) is 9.83. The molecule has 0 spiro atoms. The van der Waals surface area contributed by atoms with Crippen molar-refractivity contribution in [1.82, 2.24) is 0 Å². The fraction of sp³-hybridized carbons (Fsp3) is 0.700. The third kappa shape index (κ3) is 7.48. The average Bonchev–Trinajstić information content (AvgIpc) is 1.98. The minimum absolute atomic E-state index is 0.271. The first-order valence-corrected chi connectivity index (χ1v) is 4.32. The molecule has 2 nitrogen and oxygen atoms in total. The Bertz CT molecular complexity index is 150. The largest absolute Gasteiger partial charge is 0.380 e. The molecule has 0 N–H and O–H groups in total. The second-order valence-electron chi connectivity index (χ2n) is 3.09. The predicted molar refractivity (Wildman–Crippen MR) is 50.2 cm³/mol. The Labute approximate surface area is 74.6 Å². The maximum atomic E-state index is 10.6. The van der Waals surface area contributed by atoms with Crippen molar-refractivity contribution in [1.29, 1.82) is 0 Å². The van der Waals surface area contributed by atoms with E-state index in [4.69, 9.17) is 4.74 Å². The lowest BCUT2D eigenvalue weighted by molar-refractivity contribution is -0.117. The molecule has 2 heteroatoms. The second kappa shape index (κ2) is 7.04. The van der Waals surface area contributed by atoms with Gasteiger partial charge in [0, 0.05) is 13.5 Å². The van der Waals surface area contributed by atoms with Crippen molar-refractivity contribution in [2.24, 2.45) is 0 Å². The van der Waals surface area contributed by atoms with Gasteiger partial charge >= 0.3 is 0 Å². The number of ether oxygens (including phenoxy) is 1. The molecule has 12 heavy (non-hydrogen) atoms. The van der Waals surface area contributed by atoms with E-state index in [-0.39, 0.29) is 5.78 Å². The van der Waals surface area contributed by atoms with Crippen LogP contribution in [-0.2, 0) is 9.53 Å².